The van der Waals surface area contributed by atoms with Crippen LogP contribution < -0.4 is 5.32 Å². The molecular formula is C13H17N5O2. The van der Waals surface area contributed by atoms with Crippen LogP contribution in [0, 0.1) is 0 Å². The first-order valence-electron chi connectivity index (χ1n) is 6.46. The van der Waals surface area contributed by atoms with E-state index in [9.17, 15) is 9.90 Å². The molecule has 2 rings (SSSR count). The highest BCUT2D eigenvalue weighted by molar-refractivity contribution is 5.76. The average molecular weight is 275 g/mol. The van der Waals surface area contributed by atoms with Crippen LogP contribution in [0.5, 0.6) is 0 Å². The lowest BCUT2D eigenvalue weighted by Gasteiger charge is -2.07. The predicted molar refractivity (Wildman–Crippen MR) is 72.5 cm³/mol. The third-order valence-corrected chi connectivity index (χ3v) is 2.76. The molecule has 0 aromatic carbocycles. The second-order valence-electron chi connectivity index (χ2n) is 4.29. The van der Waals surface area contributed by atoms with E-state index in [1.807, 2.05) is 13.0 Å². The first-order chi connectivity index (χ1) is 9.76. The van der Waals surface area contributed by atoms with Crippen molar-refractivity contribution in [2.75, 3.05) is 6.54 Å². The molecule has 0 spiro atoms. The SMILES string of the molecule is CCCNC(=O)Cn1nnc(CO)c1-c1cccnc1. The zero-order valence-corrected chi connectivity index (χ0v) is 11.3. The Labute approximate surface area is 116 Å². The lowest BCUT2D eigenvalue weighted by atomic mass is 10.1. The lowest BCUT2D eigenvalue weighted by Crippen LogP contribution is -2.28. The number of rotatable bonds is 6. The van der Waals surface area contributed by atoms with Gasteiger partial charge in [-0.15, -0.1) is 5.10 Å². The van der Waals surface area contributed by atoms with Gasteiger partial charge in [0.25, 0.3) is 0 Å². The van der Waals surface area contributed by atoms with Gasteiger partial charge in [-0.3, -0.25) is 9.78 Å². The Kier molecular flexibility index (Phi) is 4.78. The maximum absolute atomic E-state index is 11.8. The molecule has 2 aromatic heterocycles. The van der Waals surface area contributed by atoms with Gasteiger partial charge in [-0.1, -0.05) is 12.1 Å². The van der Waals surface area contributed by atoms with E-state index in [1.165, 1.54) is 4.68 Å². The number of carbonyl (C=O) groups excluding carboxylic acids is 1. The zero-order valence-electron chi connectivity index (χ0n) is 11.3. The molecule has 2 heterocycles. The van der Waals surface area contributed by atoms with E-state index in [1.54, 1.807) is 18.5 Å². The Morgan fingerprint density at radius 1 is 1.50 bits per heavy atom. The Bertz CT molecular complexity index is 567. The van der Waals surface area contributed by atoms with E-state index < -0.39 is 0 Å². The molecular weight excluding hydrogens is 258 g/mol. The molecule has 7 nitrogen and oxygen atoms in total. The molecule has 20 heavy (non-hydrogen) atoms. The van der Waals surface area contributed by atoms with Crippen molar-refractivity contribution in [3.63, 3.8) is 0 Å². The van der Waals surface area contributed by atoms with Crippen LogP contribution in [0.1, 0.15) is 19.0 Å². The molecule has 2 N–H and O–H groups in total. The van der Waals surface area contributed by atoms with E-state index in [0.717, 1.165) is 12.0 Å². The summed E-state index contributed by atoms with van der Waals surface area (Å²) in [6.07, 6.45) is 4.18. The van der Waals surface area contributed by atoms with Gasteiger partial charge in [-0.25, -0.2) is 4.68 Å². The third kappa shape index (κ3) is 3.18. The molecule has 0 radical (unpaired) electrons. The van der Waals surface area contributed by atoms with Gasteiger partial charge in [0.15, 0.2) is 0 Å². The molecule has 7 heteroatoms. The van der Waals surface area contributed by atoms with Crippen LogP contribution in [0.25, 0.3) is 11.3 Å². The van der Waals surface area contributed by atoms with Crippen molar-refractivity contribution in [1.82, 2.24) is 25.3 Å². The molecule has 0 aliphatic heterocycles. The van der Waals surface area contributed by atoms with Crippen molar-refractivity contribution in [2.45, 2.75) is 26.5 Å². The smallest absolute Gasteiger partial charge is 0.241 e. The first-order valence-corrected chi connectivity index (χ1v) is 6.46. The van der Waals surface area contributed by atoms with Crippen molar-refractivity contribution in [2.24, 2.45) is 0 Å². The fourth-order valence-corrected chi connectivity index (χ4v) is 1.84. The number of aromatic nitrogens is 4. The third-order valence-electron chi connectivity index (χ3n) is 2.76. The molecule has 106 valence electrons. The van der Waals surface area contributed by atoms with Crippen LogP contribution in [0.3, 0.4) is 0 Å². The minimum atomic E-state index is -0.235. The van der Waals surface area contributed by atoms with Gasteiger partial charge < -0.3 is 10.4 Å². The van der Waals surface area contributed by atoms with Crippen molar-refractivity contribution < 1.29 is 9.90 Å². The molecule has 0 saturated heterocycles. The van der Waals surface area contributed by atoms with E-state index in [0.29, 0.717) is 17.9 Å². The number of pyridine rings is 1. The number of amides is 1. The van der Waals surface area contributed by atoms with Gasteiger partial charge in [-0.2, -0.15) is 0 Å². The van der Waals surface area contributed by atoms with Crippen LogP contribution in [0.15, 0.2) is 24.5 Å². The summed E-state index contributed by atoms with van der Waals surface area (Å²) in [5.41, 5.74) is 1.82. The minimum Gasteiger partial charge on any atom is -0.390 e. The number of aliphatic hydroxyl groups is 1. The number of nitrogens with one attached hydrogen (secondary N) is 1. The van der Waals surface area contributed by atoms with Crippen LogP contribution in [0.2, 0.25) is 0 Å². The Morgan fingerprint density at radius 3 is 3.00 bits per heavy atom. The summed E-state index contributed by atoms with van der Waals surface area (Å²) < 4.78 is 1.48. The van der Waals surface area contributed by atoms with Gasteiger partial charge in [-0.05, 0) is 18.6 Å². The highest BCUT2D eigenvalue weighted by Gasteiger charge is 2.16. The normalized spacial score (nSPS) is 10.5. The lowest BCUT2D eigenvalue weighted by molar-refractivity contribution is -0.121. The number of carbonyl (C=O) groups is 1. The van der Waals surface area contributed by atoms with Gasteiger partial charge in [0.1, 0.15) is 12.2 Å². The van der Waals surface area contributed by atoms with Crippen molar-refractivity contribution in [1.29, 1.82) is 0 Å². The molecule has 0 saturated carbocycles. The van der Waals surface area contributed by atoms with Crippen LogP contribution >= 0.6 is 0 Å². The first kappa shape index (κ1) is 14.1. The van der Waals surface area contributed by atoms with E-state index >= 15 is 0 Å². The van der Waals surface area contributed by atoms with Gasteiger partial charge in [0.05, 0.1) is 12.3 Å². The summed E-state index contributed by atoms with van der Waals surface area (Å²) in [7, 11) is 0. The standard InChI is InChI=1S/C13H17N5O2/c1-2-5-15-12(20)8-18-13(11(9-19)16-17-18)10-4-3-6-14-7-10/h3-4,6-7,19H,2,5,8-9H2,1H3,(H,15,20). The van der Waals surface area contributed by atoms with E-state index in [-0.39, 0.29) is 19.1 Å². The zero-order chi connectivity index (χ0) is 14.4. The average Bonchev–Trinajstić information content (AvgIpc) is 2.88. The van der Waals surface area contributed by atoms with Crippen molar-refractivity contribution >= 4 is 5.91 Å². The van der Waals surface area contributed by atoms with E-state index in [2.05, 4.69) is 20.6 Å². The largest absolute Gasteiger partial charge is 0.390 e. The Hall–Kier alpha value is -2.28. The minimum absolute atomic E-state index is 0.0667. The molecule has 0 aliphatic rings. The van der Waals surface area contributed by atoms with E-state index in [4.69, 9.17) is 0 Å². The Morgan fingerprint density at radius 2 is 2.35 bits per heavy atom. The second kappa shape index (κ2) is 6.76. The number of hydrogen-bond donors (Lipinski definition) is 2. The summed E-state index contributed by atoms with van der Waals surface area (Å²) >= 11 is 0. The summed E-state index contributed by atoms with van der Waals surface area (Å²) in [4.78, 5) is 15.8. The summed E-state index contributed by atoms with van der Waals surface area (Å²) in [6, 6.07) is 3.62. The molecule has 0 atom stereocenters. The van der Waals surface area contributed by atoms with Crippen LogP contribution in [0.4, 0.5) is 0 Å². The molecule has 0 unspecified atom stereocenters. The summed E-state index contributed by atoms with van der Waals surface area (Å²) in [5, 5.41) is 19.9. The summed E-state index contributed by atoms with van der Waals surface area (Å²) in [6.45, 7) is 2.45. The summed E-state index contributed by atoms with van der Waals surface area (Å²) in [5.74, 6) is -0.133. The monoisotopic (exact) mass is 275 g/mol. The molecule has 2 aromatic rings. The van der Waals surface area contributed by atoms with Gasteiger partial charge in [0, 0.05) is 24.5 Å². The molecule has 0 fully saturated rings. The van der Waals surface area contributed by atoms with Crippen molar-refractivity contribution in [3.8, 4) is 11.3 Å². The van der Waals surface area contributed by atoms with Gasteiger partial charge >= 0.3 is 0 Å². The maximum Gasteiger partial charge on any atom is 0.241 e. The fraction of sp³-hybridized carbons (Fsp3) is 0.385. The molecule has 0 aliphatic carbocycles. The molecule has 1 amide bonds. The molecule has 0 bridgehead atoms. The topological polar surface area (TPSA) is 92.9 Å². The van der Waals surface area contributed by atoms with Gasteiger partial charge in [0.2, 0.25) is 5.91 Å². The quantitative estimate of drug-likeness (QED) is 0.794. The maximum atomic E-state index is 11.8. The van der Waals surface area contributed by atoms with Crippen molar-refractivity contribution in [3.05, 3.63) is 30.2 Å². The fourth-order valence-electron chi connectivity index (χ4n) is 1.84. The number of nitrogens with zero attached hydrogens (tertiary/aromatic N) is 4. The van der Waals surface area contributed by atoms with Crippen LogP contribution in [-0.2, 0) is 17.9 Å². The van der Waals surface area contributed by atoms with Crippen LogP contribution in [-0.4, -0.2) is 37.5 Å². The second-order valence-corrected chi connectivity index (χ2v) is 4.29. The highest BCUT2D eigenvalue weighted by Crippen LogP contribution is 2.21. The Balaban J connectivity index is 2.26. The predicted octanol–water partition coefficient (Wildman–Crippen LogP) is 0.359. The number of hydrogen-bond acceptors (Lipinski definition) is 5. The highest BCUT2D eigenvalue weighted by atomic mass is 16.3. The number of aliphatic hydroxyl groups excluding tert-OH is 1.